The van der Waals surface area contributed by atoms with Crippen molar-refractivity contribution >= 4 is 16.8 Å². The summed E-state index contributed by atoms with van der Waals surface area (Å²) in [5, 5.41) is 10.7. The molecule has 0 aliphatic carbocycles. The number of rotatable bonds is 6. The van der Waals surface area contributed by atoms with Crippen LogP contribution in [0.15, 0.2) is 71.1 Å². The summed E-state index contributed by atoms with van der Waals surface area (Å²) in [6.07, 6.45) is 0. The molecule has 0 amide bonds. The third-order valence-electron chi connectivity index (χ3n) is 4.73. The molecule has 0 saturated heterocycles. The summed E-state index contributed by atoms with van der Waals surface area (Å²) in [4.78, 5) is 14.9. The molecule has 0 aliphatic rings. The lowest BCUT2D eigenvalue weighted by Crippen LogP contribution is -1.96. The van der Waals surface area contributed by atoms with Crippen LogP contribution in [0.25, 0.3) is 22.6 Å². The first-order valence-electron chi connectivity index (χ1n) is 9.36. The highest BCUT2D eigenvalue weighted by Gasteiger charge is 2.10. The number of hydrogen-bond donors (Lipinski definition) is 0. The molecule has 1 aromatic heterocycles. The highest BCUT2D eigenvalue weighted by molar-refractivity contribution is 5.77. The summed E-state index contributed by atoms with van der Waals surface area (Å²) in [5.74, 6) is 1.71. The van der Waals surface area contributed by atoms with Gasteiger partial charge in [0.25, 0.3) is 5.69 Å². The van der Waals surface area contributed by atoms with Gasteiger partial charge in [0.15, 0.2) is 5.58 Å². The Morgan fingerprint density at radius 1 is 1.03 bits per heavy atom. The van der Waals surface area contributed by atoms with Crippen LogP contribution in [-0.2, 0) is 6.61 Å². The summed E-state index contributed by atoms with van der Waals surface area (Å²) in [5.41, 5.74) is 4.64. The van der Waals surface area contributed by atoms with E-state index in [0.29, 0.717) is 24.2 Å². The van der Waals surface area contributed by atoms with E-state index in [4.69, 9.17) is 9.15 Å². The van der Waals surface area contributed by atoms with E-state index < -0.39 is 4.92 Å². The number of non-ortho nitro benzene ring substituents is 1. The normalized spacial score (nSPS) is 11.1. The Morgan fingerprint density at radius 3 is 2.41 bits per heavy atom. The minimum atomic E-state index is -0.418. The van der Waals surface area contributed by atoms with Gasteiger partial charge >= 0.3 is 0 Å². The molecule has 0 fully saturated rings. The molecule has 6 nitrogen and oxygen atoms in total. The Hall–Kier alpha value is -3.67. The molecular formula is C23H20N2O4. The Bertz CT molecular complexity index is 1150. The fourth-order valence-electron chi connectivity index (χ4n) is 3.00. The summed E-state index contributed by atoms with van der Waals surface area (Å²) in [6, 6.07) is 19.9. The fraction of sp³-hybridized carbons (Fsp3) is 0.174. The molecule has 1 heterocycles. The van der Waals surface area contributed by atoms with Gasteiger partial charge in [-0.3, -0.25) is 10.1 Å². The number of aromatic nitrogens is 1. The number of nitro groups is 1. The average Bonchev–Trinajstić information content (AvgIpc) is 3.16. The SMILES string of the molecule is CC(C)c1ccc2oc(-c3ccc(OCc4ccc([N+](=O)[O-])cc4)cc3)nc2c1. The zero-order valence-electron chi connectivity index (χ0n) is 16.2. The van der Waals surface area contributed by atoms with Crippen LogP contribution in [0.4, 0.5) is 5.69 Å². The van der Waals surface area contributed by atoms with Crippen molar-refractivity contribution in [2.24, 2.45) is 0 Å². The Morgan fingerprint density at radius 2 is 1.76 bits per heavy atom. The molecule has 0 spiro atoms. The van der Waals surface area contributed by atoms with Crippen molar-refractivity contribution in [2.45, 2.75) is 26.4 Å². The highest BCUT2D eigenvalue weighted by atomic mass is 16.6. The van der Waals surface area contributed by atoms with E-state index in [0.717, 1.165) is 22.2 Å². The number of benzene rings is 3. The van der Waals surface area contributed by atoms with Gasteiger partial charge in [0.2, 0.25) is 5.89 Å². The second kappa shape index (κ2) is 7.75. The summed E-state index contributed by atoms with van der Waals surface area (Å²) in [7, 11) is 0. The molecule has 4 rings (SSSR count). The van der Waals surface area contributed by atoms with Gasteiger partial charge in [0.1, 0.15) is 17.9 Å². The Balaban J connectivity index is 1.46. The first-order valence-corrected chi connectivity index (χ1v) is 9.36. The maximum absolute atomic E-state index is 10.7. The molecule has 0 atom stereocenters. The van der Waals surface area contributed by atoms with Crippen LogP contribution in [0.2, 0.25) is 0 Å². The zero-order chi connectivity index (χ0) is 20.4. The molecule has 0 N–H and O–H groups in total. The maximum Gasteiger partial charge on any atom is 0.269 e. The lowest BCUT2D eigenvalue weighted by Gasteiger charge is -2.06. The van der Waals surface area contributed by atoms with Crippen LogP contribution in [-0.4, -0.2) is 9.91 Å². The number of hydrogen-bond acceptors (Lipinski definition) is 5. The van der Waals surface area contributed by atoms with Crippen LogP contribution in [0.1, 0.15) is 30.9 Å². The number of nitrogens with zero attached hydrogens (tertiary/aromatic N) is 2. The van der Waals surface area contributed by atoms with Gasteiger partial charge < -0.3 is 9.15 Å². The van der Waals surface area contributed by atoms with E-state index in [-0.39, 0.29) is 5.69 Å². The highest BCUT2D eigenvalue weighted by Crippen LogP contribution is 2.28. The topological polar surface area (TPSA) is 78.4 Å². The number of oxazole rings is 1. The van der Waals surface area contributed by atoms with Gasteiger partial charge in [-0.15, -0.1) is 0 Å². The van der Waals surface area contributed by atoms with Crippen molar-refractivity contribution in [1.29, 1.82) is 0 Å². The van der Waals surface area contributed by atoms with Crippen LogP contribution in [0.3, 0.4) is 0 Å². The van der Waals surface area contributed by atoms with Gasteiger partial charge in [-0.2, -0.15) is 0 Å². The monoisotopic (exact) mass is 388 g/mol. The Labute approximate surface area is 167 Å². The van der Waals surface area contributed by atoms with Crippen LogP contribution < -0.4 is 4.74 Å². The smallest absolute Gasteiger partial charge is 0.269 e. The van der Waals surface area contributed by atoms with Gasteiger partial charge in [-0.1, -0.05) is 19.9 Å². The van der Waals surface area contributed by atoms with Crippen LogP contribution in [0.5, 0.6) is 5.75 Å². The minimum Gasteiger partial charge on any atom is -0.489 e. The summed E-state index contributed by atoms with van der Waals surface area (Å²) in [6.45, 7) is 4.63. The molecule has 6 heteroatoms. The zero-order valence-corrected chi connectivity index (χ0v) is 16.2. The standard InChI is InChI=1S/C23H20N2O4/c1-15(2)18-7-12-22-21(13-18)24-23(29-22)17-5-10-20(11-6-17)28-14-16-3-8-19(9-4-16)25(26)27/h3-13,15H,14H2,1-2H3. The molecule has 0 radical (unpaired) electrons. The van der Waals surface area contributed by atoms with Gasteiger partial charge in [0.05, 0.1) is 4.92 Å². The molecule has 0 unspecified atom stereocenters. The summed E-state index contributed by atoms with van der Waals surface area (Å²) >= 11 is 0. The van der Waals surface area contributed by atoms with E-state index >= 15 is 0 Å². The minimum absolute atomic E-state index is 0.0666. The van der Waals surface area contributed by atoms with Gasteiger partial charge in [0, 0.05) is 17.7 Å². The first kappa shape index (κ1) is 18.7. The van der Waals surface area contributed by atoms with E-state index in [1.54, 1.807) is 12.1 Å². The maximum atomic E-state index is 10.7. The van der Waals surface area contributed by atoms with Crippen LogP contribution in [0, 0.1) is 10.1 Å². The fourth-order valence-corrected chi connectivity index (χ4v) is 3.00. The average molecular weight is 388 g/mol. The lowest BCUT2D eigenvalue weighted by molar-refractivity contribution is -0.384. The lowest BCUT2D eigenvalue weighted by atomic mass is 10.0. The second-order valence-electron chi connectivity index (χ2n) is 7.14. The van der Waals surface area contributed by atoms with Crippen molar-refractivity contribution in [1.82, 2.24) is 4.98 Å². The molecule has 0 saturated carbocycles. The molecule has 146 valence electrons. The second-order valence-corrected chi connectivity index (χ2v) is 7.14. The first-order chi connectivity index (χ1) is 14.0. The number of ether oxygens (including phenoxy) is 1. The van der Waals surface area contributed by atoms with E-state index in [2.05, 4.69) is 31.0 Å². The van der Waals surface area contributed by atoms with Crippen molar-refractivity contribution in [3.63, 3.8) is 0 Å². The van der Waals surface area contributed by atoms with Crippen molar-refractivity contribution in [3.05, 3.63) is 88.0 Å². The molecule has 0 bridgehead atoms. The predicted octanol–water partition coefficient (Wildman–Crippen LogP) is 6.11. The third-order valence-corrected chi connectivity index (χ3v) is 4.73. The molecule has 4 aromatic rings. The largest absolute Gasteiger partial charge is 0.489 e. The number of fused-ring (bicyclic) bond motifs is 1. The number of nitro benzene ring substituents is 1. The van der Waals surface area contributed by atoms with Crippen molar-refractivity contribution in [3.8, 4) is 17.2 Å². The van der Waals surface area contributed by atoms with Crippen molar-refractivity contribution in [2.75, 3.05) is 0 Å². The van der Waals surface area contributed by atoms with Gasteiger partial charge in [-0.25, -0.2) is 4.98 Å². The molecule has 3 aromatic carbocycles. The van der Waals surface area contributed by atoms with Crippen LogP contribution >= 0.6 is 0 Å². The van der Waals surface area contributed by atoms with E-state index in [9.17, 15) is 10.1 Å². The van der Waals surface area contributed by atoms with Crippen molar-refractivity contribution < 1.29 is 14.1 Å². The quantitative estimate of drug-likeness (QED) is 0.294. The van der Waals surface area contributed by atoms with E-state index in [1.165, 1.54) is 17.7 Å². The molecular weight excluding hydrogens is 368 g/mol. The van der Waals surface area contributed by atoms with Gasteiger partial charge in [-0.05, 0) is 65.6 Å². The van der Waals surface area contributed by atoms with E-state index in [1.807, 2.05) is 30.3 Å². The third kappa shape index (κ3) is 4.11. The summed E-state index contributed by atoms with van der Waals surface area (Å²) < 4.78 is 11.6. The predicted molar refractivity (Wildman–Crippen MR) is 111 cm³/mol. The Kier molecular flexibility index (Phi) is 4.99. The molecule has 29 heavy (non-hydrogen) atoms. The molecule has 0 aliphatic heterocycles.